The van der Waals surface area contributed by atoms with E-state index in [0.717, 1.165) is 12.8 Å². The summed E-state index contributed by atoms with van der Waals surface area (Å²) < 4.78 is 0. The summed E-state index contributed by atoms with van der Waals surface area (Å²) in [5.74, 6) is -0.0180. The molecule has 0 bridgehead atoms. The SMILES string of the molecule is CCCC(CCO)CNC(=O)c1cc(N)cnc1Cl. The van der Waals surface area contributed by atoms with Crippen LogP contribution < -0.4 is 11.1 Å². The van der Waals surface area contributed by atoms with Gasteiger partial charge in [0.15, 0.2) is 0 Å². The zero-order valence-corrected chi connectivity index (χ0v) is 11.8. The molecule has 0 saturated carbocycles. The van der Waals surface area contributed by atoms with Crippen molar-refractivity contribution in [3.63, 3.8) is 0 Å². The number of nitrogens with zero attached hydrogens (tertiary/aromatic N) is 1. The maximum absolute atomic E-state index is 12.0. The lowest BCUT2D eigenvalue weighted by molar-refractivity contribution is 0.0942. The second-order valence-corrected chi connectivity index (χ2v) is 4.84. The average molecular weight is 286 g/mol. The molecule has 4 N–H and O–H groups in total. The summed E-state index contributed by atoms with van der Waals surface area (Å²) in [6, 6.07) is 1.51. The van der Waals surface area contributed by atoms with E-state index in [1.54, 1.807) is 0 Å². The van der Waals surface area contributed by atoms with E-state index in [4.69, 9.17) is 22.4 Å². The normalized spacial score (nSPS) is 12.2. The Balaban J connectivity index is 2.61. The lowest BCUT2D eigenvalue weighted by atomic mass is 10.00. The number of anilines is 1. The number of halogens is 1. The Kier molecular flexibility index (Phi) is 6.59. The van der Waals surface area contributed by atoms with Crippen LogP contribution in [0.1, 0.15) is 36.5 Å². The Labute approximate surface area is 118 Å². The molecule has 1 rings (SSSR count). The van der Waals surface area contributed by atoms with Crippen LogP contribution in [0.25, 0.3) is 0 Å². The highest BCUT2D eigenvalue weighted by atomic mass is 35.5. The number of pyridine rings is 1. The van der Waals surface area contributed by atoms with E-state index in [0.29, 0.717) is 18.7 Å². The van der Waals surface area contributed by atoms with E-state index in [1.807, 2.05) is 0 Å². The van der Waals surface area contributed by atoms with E-state index < -0.39 is 0 Å². The molecular formula is C13H20ClN3O2. The van der Waals surface area contributed by atoms with Crippen molar-refractivity contribution in [3.8, 4) is 0 Å². The zero-order chi connectivity index (χ0) is 14.3. The van der Waals surface area contributed by atoms with Crippen molar-refractivity contribution < 1.29 is 9.90 Å². The van der Waals surface area contributed by atoms with Crippen molar-refractivity contribution in [3.05, 3.63) is 23.0 Å². The van der Waals surface area contributed by atoms with Gasteiger partial charge < -0.3 is 16.2 Å². The Morgan fingerprint density at radius 2 is 2.32 bits per heavy atom. The maximum Gasteiger partial charge on any atom is 0.254 e. The molecule has 6 heteroatoms. The maximum atomic E-state index is 12.0. The van der Waals surface area contributed by atoms with Crippen molar-refractivity contribution in [2.75, 3.05) is 18.9 Å². The molecule has 19 heavy (non-hydrogen) atoms. The van der Waals surface area contributed by atoms with Crippen LogP contribution in [0, 0.1) is 5.92 Å². The molecule has 0 aliphatic carbocycles. The third-order valence-electron chi connectivity index (χ3n) is 2.89. The monoisotopic (exact) mass is 285 g/mol. The van der Waals surface area contributed by atoms with Gasteiger partial charge >= 0.3 is 0 Å². The topological polar surface area (TPSA) is 88.2 Å². The van der Waals surface area contributed by atoms with Crippen molar-refractivity contribution in [1.29, 1.82) is 0 Å². The van der Waals surface area contributed by atoms with Gasteiger partial charge in [-0.15, -0.1) is 0 Å². The molecule has 1 atom stereocenters. The Morgan fingerprint density at radius 1 is 1.58 bits per heavy atom. The first kappa shape index (κ1) is 15.7. The van der Waals surface area contributed by atoms with Gasteiger partial charge in [0.25, 0.3) is 5.91 Å². The van der Waals surface area contributed by atoms with Gasteiger partial charge in [0.2, 0.25) is 0 Å². The number of aliphatic hydroxyl groups is 1. The molecule has 0 fully saturated rings. The average Bonchev–Trinajstić information content (AvgIpc) is 2.39. The predicted molar refractivity (Wildman–Crippen MR) is 76.1 cm³/mol. The number of nitrogens with two attached hydrogens (primary N) is 1. The van der Waals surface area contributed by atoms with Crippen LogP contribution in [-0.4, -0.2) is 29.1 Å². The largest absolute Gasteiger partial charge is 0.397 e. The number of nitrogen functional groups attached to an aromatic ring is 1. The number of carbonyl (C=O) groups excluding carboxylic acids is 1. The smallest absolute Gasteiger partial charge is 0.254 e. The number of amides is 1. The first-order chi connectivity index (χ1) is 9.08. The Bertz CT molecular complexity index is 420. The molecule has 1 unspecified atom stereocenters. The Hall–Kier alpha value is -1.33. The van der Waals surface area contributed by atoms with Crippen molar-refractivity contribution in [1.82, 2.24) is 10.3 Å². The van der Waals surface area contributed by atoms with Gasteiger partial charge in [-0.25, -0.2) is 4.98 Å². The molecule has 0 saturated heterocycles. The van der Waals surface area contributed by atoms with E-state index in [9.17, 15) is 4.79 Å². The molecule has 106 valence electrons. The highest BCUT2D eigenvalue weighted by molar-refractivity contribution is 6.32. The lowest BCUT2D eigenvalue weighted by Gasteiger charge is -2.15. The summed E-state index contributed by atoms with van der Waals surface area (Å²) in [5.41, 5.74) is 6.26. The predicted octanol–water partition coefficient (Wildman–Crippen LogP) is 1.85. The Morgan fingerprint density at radius 3 is 2.95 bits per heavy atom. The molecule has 1 aromatic rings. The van der Waals surface area contributed by atoms with Crippen LogP contribution in [0.3, 0.4) is 0 Å². The summed E-state index contributed by atoms with van der Waals surface area (Å²) in [4.78, 5) is 15.8. The highest BCUT2D eigenvalue weighted by Gasteiger charge is 2.14. The number of rotatable bonds is 7. The summed E-state index contributed by atoms with van der Waals surface area (Å²) in [5, 5.41) is 11.9. The van der Waals surface area contributed by atoms with E-state index in [-0.39, 0.29) is 29.1 Å². The first-order valence-electron chi connectivity index (χ1n) is 6.38. The third kappa shape index (κ3) is 5.04. The van der Waals surface area contributed by atoms with Gasteiger partial charge in [0.1, 0.15) is 5.15 Å². The van der Waals surface area contributed by atoms with Gasteiger partial charge in [-0.2, -0.15) is 0 Å². The first-order valence-corrected chi connectivity index (χ1v) is 6.76. The molecule has 0 radical (unpaired) electrons. The number of aromatic nitrogens is 1. The fourth-order valence-corrected chi connectivity index (χ4v) is 2.08. The number of aliphatic hydroxyl groups excluding tert-OH is 1. The van der Waals surface area contributed by atoms with Gasteiger partial charge in [-0.05, 0) is 24.8 Å². The molecule has 0 aromatic carbocycles. The van der Waals surface area contributed by atoms with Crippen LogP contribution in [0.4, 0.5) is 5.69 Å². The number of nitrogens with one attached hydrogen (secondary N) is 1. The molecule has 1 aromatic heterocycles. The lowest BCUT2D eigenvalue weighted by Crippen LogP contribution is -2.30. The van der Waals surface area contributed by atoms with E-state index in [1.165, 1.54) is 12.3 Å². The number of carbonyl (C=O) groups is 1. The minimum Gasteiger partial charge on any atom is -0.397 e. The fourth-order valence-electron chi connectivity index (χ4n) is 1.90. The van der Waals surface area contributed by atoms with Crippen LogP contribution in [0.2, 0.25) is 5.15 Å². The third-order valence-corrected chi connectivity index (χ3v) is 3.19. The molecule has 1 amide bonds. The summed E-state index contributed by atoms with van der Waals surface area (Å²) in [6.45, 7) is 2.71. The minimum atomic E-state index is -0.288. The zero-order valence-electron chi connectivity index (χ0n) is 11.0. The molecule has 0 aliphatic rings. The molecule has 5 nitrogen and oxygen atoms in total. The summed E-state index contributed by atoms with van der Waals surface area (Å²) in [7, 11) is 0. The van der Waals surface area contributed by atoms with Crippen LogP contribution in [0.15, 0.2) is 12.3 Å². The van der Waals surface area contributed by atoms with Crippen LogP contribution in [0.5, 0.6) is 0 Å². The van der Waals surface area contributed by atoms with E-state index >= 15 is 0 Å². The van der Waals surface area contributed by atoms with Gasteiger partial charge in [0, 0.05) is 13.2 Å². The highest BCUT2D eigenvalue weighted by Crippen LogP contribution is 2.16. The van der Waals surface area contributed by atoms with Crippen molar-refractivity contribution >= 4 is 23.2 Å². The summed E-state index contributed by atoms with van der Waals surface area (Å²) in [6.07, 6.45) is 4.06. The van der Waals surface area contributed by atoms with Crippen LogP contribution in [-0.2, 0) is 0 Å². The molecule has 0 spiro atoms. The van der Waals surface area contributed by atoms with Gasteiger partial charge in [-0.1, -0.05) is 24.9 Å². The number of hydrogen-bond acceptors (Lipinski definition) is 4. The fraction of sp³-hybridized carbons (Fsp3) is 0.538. The van der Waals surface area contributed by atoms with E-state index in [2.05, 4.69) is 17.2 Å². The second kappa shape index (κ2) is 7.96. The molecule has 0 aliphatic heterocycles. The minimum absolute atomic E-state index is 0.126. The van der Waals surface area contributed by atoms with Crippen molar-refractivity contribution in [2.45, 2.75) is 26.2 Å². The standard InChI is InChI=1S/C13H20ClN3O2/c1-2-3-9(4-5-18)7-17-13(19)11-6-10(15)8-16-12(11)14/h6,8-9,18H,2-5,7,15H2,1H3,(H,17,19). The van der Waals surface area contributed by atoms with Gasteiger partial charge in [0.05, 0.1) is 17.4 Å². The quantitative estimate of drug-likeness (QED) is 0.667. The van der Waals surface area contributed by atoms with Crippen LogP contribution >= 0.6 is 11.6 Å². The summed E-state index contributed by atoms with van der Waals surface area (Å²) >= 11 is 5.86. The van der Waals surface area contributed by atoms with Crippen molar-refractivity contribution in [2.24, 2.45) is 5.92 Å². The van der Waals surface area contributed by atoms with Gasteiger partial charge in [-0.3, -0.25) is 4.79 Å². The number of hydrogen-bond donors (Lipinski definition) is 3. The molecule has 1 heterocycles. The molecular weight excluding hydrogens is 266 g/mol. The second-order valence-electron chi connectivity index (χ2n) is 4.48.